The summed E-state index contributed by atoms with van der Waals surface area (Å²) >= 11 is 12.6. The number of anilines is 1. The van der Waals surface area contributed by atoms with Gasteiger partial charge in [-0.25, -0.2) is 0 Å². The van der Waals surface area contributed by atoms with E-state index in [-0.39, 0.29) is 17.9 Å². The van der Waals surface area contributed by atoms with Gasteiger partial charge in [-0.15, -0.1) is 0 Å². The Morgan fingerprint density at radius 1 is 1.21 bits per heavy atom. The zero-order chi connectivity index (χ0) is 19.7. The van der Waals surface area contributed by atoms with Gasteiger partial charge in [0.2, 0.25) is 0 Å². The molecule has 0 fully saturated rings. The van der Waals surface area contributed by atoms with Crippen LogP contribution in [0.25, 0.3) is 0 Å². The molecule has 3 atom stereocenters. The predicted octanol–water partition coefficient (Wildman–Crippen LogP) is 5.20. The third kappa shape index (κ3) is 3.64. The minimum absolute atomic E-state index is 0.0822. The summed E-state index contributed by atoms with van der Waals surface area (Å²) in [5.41, 5.74) is 3.91. The first kappa shape index (κ1) is 19.3. The van der Waals surface area contributed by atoms with Gasteiger partial charge >= 0.3 is 0 Å². The fourth-order valence-electron chi connectivity index (χ4n) is 4.17. The highest BCUT2D eigenvalue weighted by atomic mass is 35.5. The third-order valence-electron chi connectivity index (χ3n) is 5.51. The summed E-state index contributed by atoms with van der Waals surface area (Å²) in [4.78, 5) is 12.4. The predicted molar refractivity (Wildman–Crippen MR) is 113 cm³/mol. The van der Waals surface area contributed by atoms with E-state index in [9.17, 15) is 4.79 Å². The molecule has 0 saturated heterocycles. The lowest BCUT2D eigenvalue weighted by molar-refractivity contribution is 0.0937. The Labute approximate surface area is 174 Å². The van der Waals surface area contributed by atoms with Gasteiger partial charge in [-0.3, -0.25) is 4.79 Å². The van der Waals surface area contributed by atoms with Crippen LogP contribution in [-0.2, 0) is 4.74 Å². The fourth-order valence-corrected chi connectivity index (χ4v) is 4.69. The van der Waals surface area contributed by atoms with Crippen molar-refractivity contribution in [3.63, 3.8) is 0 Å². The molecule has 6 heteroatoms. The number of methoxy groups -OCH3 is 1. The second kappa shape index (κ2) is 8.16. The number of nitrogens with one attached hydrogen (secondary N) is 2. The molecule has 0 saturated carbocycles. The topological polar surface area (TPSA) is 50.4 Å². The molecule has 0 bridgehead atoms. The minimum Gasteiger partial charge on any atom is -0.383 e. The highest BCUT2D eigenvalue weighted by Crippen LogP contribution is 2.51. The van der Waals surface area contributed by atoms with Crippen LogP contribution in [0, 0.1) is 5.92 Å². The molecule has 0 spiro atoms. The third-order valence-corrected chi connectivity index (χ3v) is 6.08. The summed E-state index contributed by atoms with van der Waals surface area (Å²) in [5.74, 6) is 0.513. The highest BCUT2D eigenvalue weighted by Gasteiger charge is 2.38. The van der Waals surface area contributed by atoms with E-state index in [1.165, 1.54) is 0 Å². The fraction of sp³-hybridized carbons (Fsp3) is 0.318. The number of carbonyl (C=O) groups is 1. The van der Waals surface area contributed by atoms with Crippen LogP contribution in [0.3, 0.4) is 0 Å². The zero-order valence-electron chi connectivity index (χ0n) is 15.5. The molecule has 0 radical (unpaired) electrons. The van der Waals surface area contributed by atoms with Crippen molar-refractivity contribution >= 4 is 34.8 Å². The summed E-state index contributed by atoms with van der Waals surface area (Å²) in [6, 6.07) is 11.6. The quantitative estimate of drug-likeness (QED) is 0.520. The smallest absolute Gasteiger partial charge is 0.251 e. The first-order chi connectivity index (χ1) is 13.6. The molecule has 1 heterocycles. The number of ether oxygens (including phenoxy) is 1. The van der Waals surface area contributed by atoms with Crippen molar-refractivity contribution in [1.29, 1.82) is 0 Å². The number of allylic oxidation sites excluding steroid dienone is 2. The molecule has 2 aliphatic rings. The second-order valence-electron chi connectivity index (χ2n) is 7.19. The van der Waals surface area contributed by atoms with Crippen molar-refractivity contribution in [1.82, 2.24) is 5.32 Å². The maximum absolute atomic E-state index is 12.4. The Bertz CT molecular complexity index is 929. The number of amides is 1. The molecule has 1 amide bonds. The number of hydrogen-bond donors (Lipinski definition) is 2. The van der Waals surface area contributed by atoms with Crippen molar-refractivity contribution in [2.75, 3.05) is 25.6 Å². The number of benzene rings is 2. The number of halogens is 2. The SMILES string of the molecule is COCCNC(=O)c1ccc2c(c1)C1C=CCC1C(c1ccc(Cl)cc1Cl)N2. The van der Waals surface area contributed by atoms with Gasteiger partial charge in [-0.1, -0.05) is 41.4 Å². The average Bonchev–Trinajstić information content (AvgIpc) is 3.17. The second-order valence-corrected chi connectivity index (χ2v) is 8.04. The van der Waals surface area contributed by atoms with Crippen molar-refractivity contribution in [2.24, 2.45) is 5.92 Å². The molecular formula is C22H22Cl2N2O2. The first-order valence-electron chi connectivity index (χ1n) is 9.37. The lowest BCUT2D eigenvalue weighted by Gasteiger charge is -2.38. The van der Waals surface area contributed by atoms with E-state index < -0.39 is 0 Å². The summed E-state index contributed by atoms with van der Waals surface area (Å²) in [6.07, 6.45) is 5.42. The van der Waals surface area contributed by atoms with E-state index in [1.807, 2.05) is 30.3 Å². The Morgan fingerprint density at radius 2 is 2.07 bits per heavy atom. The van der Waals surface area contributed by atoms with E-state index in [2.05, 4.69) is 22.8 Å². The molecule has 2 aromatic carbocycles. The average molecular weight is 417 g/mol. The van der Waals surface area contributed by atoms with Crippen molar-refractivity contribution in [3.05, 3.63) is 75.3 Å². The van der Waals surface area contributed by atoms with Crippen LogP contribution in [0.2, 0.25) is 10.0 Å². The molecule has 1 aliphatic carbocycles. The maximum atomic E-state index is 12.4. The Kier molecular flexibility index (Phi) is 5.63. The molecule has 2 aromatic rings. The van der Waals surface area contributed by atoms with Crippen LogP contribution in [0.5, 0.6) is 0 Å². The van der Waals surface area contributed by atoms with Crippen molar-refractivity contribution in [2.45, 2.75) is 18.4 Å². The molecule has 146 valence electrons. The molecule has 0 aromatic heterocycles. The van der Waals surface area contributed by atoms with Gasteiger partial charge in [0.15, 0.2) is 0 Å². The van der Waals surface area contributed by atoms with Gasteiger partial charge in [0.1, 0.15) is 0 Å². The highest BCUT2D eigenvalue weighted by molar-refractivity contribution is 6.35. The monoisotopic (exact) mass is 416 g/mol. The summed E-state index contributed by atoms with van der Waals surface area (Å²) in [7, 11) is 1.62. The lowest BCUT2D eigenvalue weighted by Crippen LogP contribution is -2.30. The van der Waals surface area contributed by atoms with Crippen molar-refractivity contribution in [3.8, 4) is 0 Å². The Morgan fingerprint density at radius 3 is 2.86 bits per heavy atom. The maximum Gasteiger partial charge on any atom is 0.251 e. The largest absolute Gasteiger partial charge is 0.383 e. The van der Waals surface area contributed by atoms with Crippen LogP contribution in [0.4, 0.5) is 5.69 Å². The Hall–Kier alpha value is -2.01. The van der Waals surface area contributed by atoms with E-state index in [1.54, 1.807) is 13.2 Å². The molecule has 4 nitrogen and oxygen atoms in total. The van der Waals surface area contributed by atoms with Gasteiger partial charge in [-0.05, 0) is 53.8 Å². The van der Waals surface area contributed by atoms with Crippen LogP contribution in [0.1, 0.15) is 39.9 Å². The van der Waals surface area contributed by atoms with E-state index in [4.69, 9.17) is 27.9 Å². The number of fused-ring (bicyclic) bond motifs is 3. The first-order valence-corrected chi connectivity index (χ1v) is 10.1. The van der Waals surface area contributed by atoms with Gasteiger partial charge in [0, 0.05) is 40.9 Å². The van der Waals surface area contributed by atoms with Gasteiger partial charge in [0.05, 0.1) is 12.6 Å². The minimum atomic E-state index is -0.0822. The molecule has 4 rings (SSSR count). The Balaban J connectivity index is 1.64. The molecule has 28 heavy (non-hydrogen) atoms. The molecular weight excluding hydrogens is 395 g/mol. The molecule has 2 N–H and O–H groups in total. The zero-order valence-corrected chi connectivity index (χ0v) is 17.1. The van der Waals surface area contributed by atoms with E-state index in [0.29, 0.717) is 34.7 Å². The number of hydrogen-bond acceptors (Lipinski definition) is 3. The lowest BCUT2D eigenvalue weighted by atomic mass is 9.76. The van der Waals surface area contributed by atoms with E-state index in [0.717, 1.165) is 23.2 Å². The van der Waals surface area contributed by atoms with Crippen LogP contribution >= 0.6 is 23.2 Å². The number of rotatable bonds is 5. The van der Waals surface area contributed by atoms with Gasteiger partial charge < -0.3 is 15.4 Å². The summed E-state index contributed by atoms with van der Waals surface area (Å²) < 4.78 is 4.99. The normalized spacial score (nSPS) is 22.3. The van der Waals surface area contributed by atoms with Crippen LogP contribution in [-0.4, -0.2) is 26.2 Å². The van der Waals surface area contributed by atoms with Crippen LogP contribution < -0.4 is 10.6 Å². The van der Waals surface area contributed by atoms with E-state index >= 15 is 0 Å². The van der Waals surface area contributed by atoms with Crippen molar-refractivity contribution < 1.29 is 9.53 Å². The summed E-state index contributed by atoms with van der Waals surface area (Å²) in [6.45, 7) is 0.989. The molecule has 3 unspecified atom stereocenters. The summed E-state index contributed by atoms with van der Waals surface area (Å²) in [5, 5.41) is 7.83. The standard InChI is InChI=1S/C22H22Cl2N2O2/c1-28-10-9-25-22(27)13-5-8-20-18(11-13)15-3-2-4-16(15)21(26-20)17-7-6-14(23)12-19(17)24/h2-3,5-8,11-12,15-16,21,26H,4,9-10H2,1H3,(H,25,27). The van der Waals surface area contributed by atoms with Gasteiger partial charge in [0.25, 0.3) is 5.91 Å². The number of carbonyl (C=O) groups excluding carboxylic acids is 1. The van der Waals surface area contributed by atoms with Gasteiger partial charge in [-0.2, -0.15) is 0 Å². The molecule has 1 aliphatic heterocycles. The van der Waals surface area contributed by atoms with Crippen LogP contribution in [0.15, 0.2) is 48.6 Å².